The molecule has 1 fully saturated rings. The van der Waals surface area contributed by atoms with Gasteiger partial charge < -0.3 is 16.4 Å². The Labute approximate surface area is 80.9 Å². The molecule has 4 N–H and O–H groups in total. The SMILES string of the molecule is CN1CCC(C(N)CN)CC1.Cl. The molecule has 74 valence electrons. The van der Waals surface area contributed by atoms with Crippen LogP contribution in [-0.2, 0) is 0 Å². The second-order valence-corrected chi connectivity index (χ2v) is 3.54. The lowest BCUT2D eigenvalue weighted by molar-refractivity contribution is 0.200. The zero-order valence-electron chi connectivity index (χ0n) is 7.70. The van der Waals surface area contributed by atoms with Gasteiger partial charge in [-0.15, -0.1) is 12.4 Å². The fourth-order valence-corrected chi connectivity index (χ4v) is 1.65. The van der Waals surface area contributed by atoms with Gasteiger partial charge in [-0.1, -0.05) is 0 Å². The first-order valence-corrected chi connectivity index (χ1v) is 4.38. The fourth-order valence-electron chi connectivity index (χ4n) is 1.65. The molecule has 1 aliphatic heterocycles. The van der Waals surface area contributed by atoms with Crippen LogP contribution in [0.1, 0.15) is 12.8 Å². The molecule has 0 aromatic heterocycles. The molecular formula is C8H20ClN3. The summed E-state index contributed by atoms with van der Waals surface area (Å²) in [6, 6.07) is 0.226. The first-order chi connectivity index (χ1) is 5.24. The van der Waals surface area contributed by atoms with E-state index in [1.54, 1.807) is 0 Å². The van der Waals surface area contributed by atoms with Crippen LogP contribution in [0.2, 0.25) is 0 Å². The Bertz CT molecular complexity index is 113. The molecule has 1 unspecified atom stereocenters. The molecule has 0 aromatic rings. The van der Waals surface area contributed by atoms with E-state index >= 15 is 0 Å². The summed E-state index contributed by atoms with van der Waals surface area (Å²) in [5.74, 6) is 0.663. The molecule has 0 radical (unpaired) electrons. The van der Waals surface area contributed by atoms with Gasteiger partial charge >= 0.3 is 0 Å². The first kappa shape index (κ1) is 12.2. The third kappa shape index (κ3) is 3.27. The minimum Gasteiger partial charge on any atom is -0.329 e. The smallest absolute Gasteiger partial charge is 0.0192 e. The number of hydrogen-bond donors (Lipinski definition) is 2. The van der Waals surface area contributed by atoms with Crippen molar-refractivity contribution in [1.82, 2.24) is 4.90 Å². The van der Waals surface area contributed by atoms with Gasteiger partial charge in [-0.2, -0.15) is 0 Å². The van der Waals surface area contributed by atoms with Crippen molar-refractivity contribution >= 4 is 12.4 Å². The van der Waals surface area contributed by atoms with E-state index in [-0.39, 0.29) is 18.4 Å². The molecule has 0 spiro atoms. The van der Waals surface area contributed by atoms with Crippen molar-refractivity contribution < 1.29 is 0 Å². The number of hydrogen-bond acceptors (Lipinski definition) is 3. The number of nitrogens with zero attached hydrogens (tertiary/aromatic N) is 1. The summed E-state index contributed by atoms with van der Waals surface area (Å²) in [6.07, 6.45) is 2.43. The maximum absolute atomic E-state index is 5.85. The average molecular weight is 194 g/mol. The maximum Gasteiger partial charge on any atom is 0.0192 e. The Kier molecular flexibility index (Phi) is 5.84. The van der Waals surface area contributed by atoms with Gasteiger partial charge in [0.25, 0.3) is 0 Å². The largest absolute Gasteiger partial charge is 0.329 e. The van der Waals surface area contributed by atoms with E-state index in [0.717, 1.165) is 0 Å². The predicted octanol–water partition coefficient (Wildman–Crippen LogP) is 0.0360. The van der Waals surface area contributed by atoms with Crippen molar-refractivity contribution in [2.24, 2.45) is 17.4 Å². The molecule has 0 amide bonds. The van der Waals surface area contributed by atoms with Crippen molar-refractivity contribution in [3.8, 4) is 0 Å². The molecule has 1 atom stereocenters. The summed E-state index contributed by atoms with van der Waals surface area (Å²) in [4.78, 5) is 2.35. The molecule has 0 saturated carbocycles. The van der Waals surface area contributed by atoms with E-state index in [9.17, 15) is 0 Å². The number of rotatable bonds is 2. The lowest BCUT2D eigenvalue weighted by atomic mass is 9.90. The summed E-state index contributed by atoms with van der Waals surface area (Å²) >= 11 is 0. The Morgan fingerprint density at radius 3 is 2.33 bits per heavy atom. The number of piperidine rings is 1. The van der Waals surface area contributed by atoms with Gasteiger partial charge in [-0.3, -0.25) is 0 Å². The predicted molar refractivity (Wildman–Crippen MR) is 54.5 cm³/mol. The lowest BCUT2D eigenvalue weighted by Crippen LogP contribution is -2.43. The third-order valence-electron chi connectivity index (χ3n) is 2.64. The van der Waals surface area contributed by atoms with Crippen LogP contribution in [0.3, 0.4) is 0 Å². The highest BCUT2D eigenvalue weighted by molar-refractivity contribution is 5.85. The van der Waals surface area contributed by atoms with Crippen molar-refractivity contribution in [2.45, 2.75) is 18.9 Å². The number of likely N-dealkylation sites (tertiary alicyclic amines) is 1. The zero-order chi connectivity index (χ0) is 8.27. The van der Waals surface area contributed by atoms with Crippen LogP contribution in [0.5, 0.6) is 0 Å². The van der Waals surface area contributed by atoms with Crippen LogP contribution < -0.4 is 11.5 Å². The lowest BCUT2D eigenvalue weighted by Gasteiger charge is -2.31. The van der Waals surface area contributed by atoms with E-state index in [0.29, 0.717) is 12.5 Å². The molecule has 12 heavy (non-hydrogen) atoms. The van der Waals surface area contributed by atoms with Crippen molar-refractivity contribution in [2.75, 3.05) is 26.7 Å². The van der Waals surface area contributed by atoms with Crippen molar-refractivity contribution in [3.05, 3.63) is 0 Å². The standard InChI is InChI=1S/C8H19N3.ClH/c1-11-4-2-7(3-5-11)8(10)6-9;/h7-8H,2-6,9-10H2,1H3;1H. The van der Waals surface area contributed by atoms with Gasteiger partial charge in [-0.25, -0.2) is 0 Å². The minimum absolute atomic E-state index is 0. The molecule has 0 aliphatic carbocycles. The topological polar surface area (TPSA) is 55.3 Å². The Balaban J connectivity index is 0.00000121. The molecule has 1 saturated heterocycles. The van der Waals surface area contributed by atoms with Crippen LogP contribution in [0.4, 0.5) is 0 Å². The van der Waals surface area contributed by atoms with Gasteiger partial charge in [0.1, 0.15) is 0 Å². The van der Waals surface area contributed by atoms with Gasteiger partial charge in [0.15, 0.2) is 0 Å². The Morgan fingerprint density at radius 2 is 1.92 bits per heavy atom. The van der Waals surface area contributed by atoms with Gasteiger partial charge in [0.05, 0.1) is 0 Å². The van der Waals surface area contributed by atoms with Crippen LogP contribution in [0.15, 0.2) is 0 Å². The van der Waals surface area contributed by atoms with E-state index in [1.165, 1.54) is 25.9 Å². The van der Waals surface area contributed by atoms with E-state index in [1.807, 2.05) is 0 Å². The van der Waals surface area contributed by atoms with Crippen molar-refractivity contribution in [3.63, 3.8) is 0 Å². The molecule has 1 heterocycles. The highest BCUT2D eigenvalue weighted by Gasteiger charge is 2.21. The van der Waals surface area contributed by atoms with E-state index in [4.69, 9.17) is 11.5 Å². The Morgan fingerprint density at radius 1 is 1.42 bits per heavy atom. The summed E-state index contributed by atoms with van der Waals surface area (Å²) in [6.45, 7) is 2.99. The molecule has 3 nitrogen and oxygen atoms in total. The second kappa shape index (κ2) is 5.75. The normalized spacial score (nSPS) is 23.2. The summed E-state index contributed by atoms with van der Waals surface area (Å²) in [5, 5.41) is 0. The maximum atomic E-state index is 5.85. The molecular weight excluding hydrogens is 174 g/mol. The second-order valence-electron chi connectivity index (χ2n) is 3.54. The molecule has 0 aromatic carbocycles. The number of nitrogens with two attached hydrogens (primary N) is 2. The summed E-state index contributed by atoms with van der Waals surface area (Å²) in [7, 11) is 2.16. The third-order valence-corrected chi connectivity index (χ3v) is 2.64. The minimum atomic E-state index is 0. The van der Waals surface area contributed by atoms with E-state index < -0.39 is 0 Å². The van der Waals surface area contributed by atoms with Crippen LogP contribution >= 0.6 is 12.4 Å². The molecule has 1 rings (SSSR count). The summed E-state index contributed by atoms with van der Waals surface area (Å²) < 4.78 is 0. The molecule has 4 heteroatoms. The Hall–Kier alpha value is 0.170. The molecule has 0 bridgehead atoms. The fraction of sp³-hybridized carbons (Fsp3) is 1.00. The van der Waals surface area contributed by atoms with Gasteiger partial charge in [0.2, 0.25) is 0 Å². The van der Waals surface area contributed by atoms with Crippen LogP contribution in [0.25, 0.3) is 0 Å². The monoisotopic (exact) mass is 193 g/mol. The highest BCUT2D eigenvalue weighted by atomic mass is 35.5. The van der Waals surface area contributed by atoms with Crippen LogP contribution in [-0.4, -0.2) is 37.6 Å². The number of halogens is 1. The quantitative estimate of drug-likeness (QED) is 0.651. The summed E-state index contributed by atoms with van der Waals surface area (Å²) in [5.41, 5.74) is 11.3. The van der Waals surface area contributed by atoms with Crippen LogP contribution in [0, 0.1) is 5.92 Å². The van der Waals surface area contributed by atoms with E-state index in [2.05, 4.69) is 11.9 Å². The average Bonchev–Trinajstić information content (AvgIpc) is 2.05. The molecule has 1 aliphatic rings. The first-order valence-electron chi connectivity index (χ1n) is 4.38. The van der Waals surface area contributed by atoms with Gasteiger partial charge in [0, 0.05) is 12.6 Å². The van der Waals surface area contributed by atoms with Gasteiger partial charge in [-0.05, 0) is 38.9 Å². The van der Waals surface area contributed by atoms with Crippen molar-refractivity contribution in [1.29, 1.82) is 0 Å². The zero-order valence-corrected chi connectivity index (χ0v) is 8.52. The highest BCUT2D eigenvalue weighted by Crippen LogP contribution is 2.17.